The second kappa shape index (κ2) is 4.00. The van der Waals surface area contributed by atoms with Gasteiger partial charge in [0.1, 0.15) is 5.52 Å². The summed E-state index contributed by atoms with van der Waals surface area (Å²) in [6, 6.07) is 2.03. The van der Waals surface area contributed by atoms with E-state index in [4.69, 9.17) is 5.73 Å². The van der Waals surface area contributed by atoms with Crippen molar-refractivity contribution in [1.29, 1.82) is 0 Å². The molecule has 0 fully saturated rings. The van der Waals surface area contributed by atoms with Gasteiger partial charge in [0.2, 0.25) is 0 Å². The first-order valence-corrected chi connectivity index (χ1v) is 5.70. The molecule has 0 aromatic carbocycles. The van der Waals surface area contributed by atoms with E-state index in [0.29, 0.717) is 6.54 Å². The first-order valence-electron chi connectivity index (χ1n) is 5.70. The predicted octanol–water partition coefficient (Wildman–Crippen LogP) is 1.21. The summed E-state index contributed by atoms with van der Waals surface area (Å²) < 4.78 is 1.85. The summed E-state index contributed by atoms with van der Waals surface area (Å²) in [6.07, 6.45) is 3.62. The highest BCUT2D eigenvalue weighted by molar-refractivity contribution is 5.69. The van der Waals surface area contributed by atoms with E-state index in [1.54, 1.807) is 6.20 Å². The number of hydrogen-bond acceptors (Lipinski definition) is 4. The van der Waals surface area contributed by atoms with Gasteiger partial charge in [0.25, 0.3) is 0 Å². The molecule has 0 saturated heterocycles. The zero-order valence-electron chi connectivity index (χ0n) is 10.8. The quantitative estimate of drug-likeness (QED) is 0.865. The second-order valence-electron chi connectivity index (χ2n) is 4.94. The Balaban J connectivity index is 2.55. The molecule has 0 radical (unpaired) electrons. The molecule has 5 heteroatoms. The van der Waals surface area contributed by atoms with Crippen molar-refractivity contribution in [2.24, 2.45) is 5.73 Å². The lowest BCUT2D eigenvalue weighted by Crippen LogP contribution is -2.47. The van der Waals surface area contributed by atoms with Gasteiger partial charge in [-0.25, -0.2) is 9.50 Å². The fourth-order valence-electron chi connectivity index (χ4n) is 1.71. The van der Waals surface area contributed by atoms with Gasteiger partial charge < -0.3 is 10.6 Å². The molecule has 92 valence electrons. The van der Waals surface area contributed by atoms with Gasteiger partial charge in [-0.1, -0.05) is 0 Å². The highest BCUT2D eigenvalue weighted by Crippen LogP contribution is 2.24. The molecule has 0 amide bonds. The SMILES string of the molecule is Cc1cc2c(N(C)C(C)(C)CN)nccn2n1. The number of rotatable bonds is 3. The van der Waals surface area contributed by atoms with Crippen LogP contribution in [0.4, 0.5) is 5.82 Å². The molecular weight excluding hydrogens is 214 g/mol. The first-order chi connectivity index (χ1) is 7.95. The lowest BCUT2D eigenvalue weighted by Gasteiger charge is -2.35. The minimum Gasteiger partial charge on any atom is -0.351 e. The third-order valence-corrected chi connectivity index (χ3v) is 3.22. The summed E-state index contributed by atoms with van der Waals surface area (Å²) >= 11 is 0. The molecule has 0 atom stereocenters. The van der Waals surface area contributed by atoms with Crippen LogP contribution in [0.1, 0.15) is 19.5 Å². The van der Waals surface area contributed by atoms with Crippen LogP contribution in [0.2, 0.25) is 0 Å². The van der Waals surface area contributed by atoms with Crippen LogP contribution in [-0.2, 0) is 0 Å². The lowest BCUT2D eigenvalue weighted by molar-refractivity contribution is 0.495. The molecule has 0 aliphatic carbocycles. The van der Waals surface area contributed by atoms with Crippen molar-refractivity contribution < 1.29 is 0 Å². The molecule has 2 heterocycles. The monoisotopic (exact) mass is 233 g/mol. The van der Waals surface area contributed by atoms with Crippen LogP contribution in [0.15, 0.2) is 18.5 Å². The summed E-state index contributed by atoms with van der Waals surface area (Å²) in [5, 5.41) is 4.38. The van der Waals surface area contributed by atoms with Crippen molar-refractivity contribution in [1.82, 2.24) is 14.6 Å². The average molecular weight is 233 g/mol. The van der Waals surface area contributed by atoms with Crippen LogP contribution >= 0.6 is 0 Å². The smallest absolute Gasteiger partial charge is 0.154 e. The van der Waals surface area contributed by atoms with Crippen LogP contribution in [-0.4, -0.2) is 33.7 Å². The summed E-state index contributed by atoms with van der Waals surface area (Å²) in [7, 11) is 2.01. The zero-order chi connectivity index (χ0) is 12.6. The van der Waals surface area contributed by atoms with Crippen LogP contribution in [0.3, 0.4) is 0 Å². The second-order valence-corrected chi connectivity index (χ2v) is 4.94. The van der Waals surface area contributed by atoms with Crippen molar-refractivity contribution in [3.05, 3.63) is 24.2 Å². The Morgan fingerprint density at radius 3 is 2.82 bits per heavy atom. The van der Waals surface area contributed by atoms with Crippen molar-refractivity contribution in [2.75, 3.05) is 18.5 Å². The molecule has 2 aromatic rings. The predicted molar refractivity (Wildman–Crippen MR) is 69.3 cm³/mol. The highest BCUT2D eigenvalue weighted by atomic mass is 15.3. The Hall–Kier alpha value is -1.62. The highest BCUT2D eigenvalue weighted by Gasteiger charge is 2.24. The summed E-state index contributed by atoms with van der Waals surface area (Å²) in [6.45, 7) is 6.74. The third kappa shape index (κ3) is 1.98. The van der Waals surface area contributed by atoms with Gasteiger partial charge in [0.05, 0.1) is 5.69 Å². The lowest BCUT2D eigenvalue weighted by atomic mass is 10.0. The van der Waals surface area contributed by atoms with E-state index in [1.165, 1.54) is 0 Å². The van der Waals surface area contributed by atoms with Gasteiger partial charge in [-0.2, -0.15) is 5.10 Å². The first kappa shape index (κ1) is 11.9. The van der Waals surface area contributed by atoms with Crippen molar-refractivity contribution in [2.45, 2.75) is 26.3 Å². The van der Waals surface area contributed by atoms with E-state index in [-0.39, 0.29) is 5.54 Å². The zero-order valence-corrected chi connectivity index (χ0v) is 10.8. The molecule has 0 unspecified atom stereocenters. The molecule has 2 aromatic heterocycles. The number of likely N-dealkylation sites (N-methyl/N-ethyl adjacent to an activating group) is 1. The van der Waals surface area contributed by atoms with Crippen LogP contribution in [0.25, 0.3) is 5.52 Å². The molecule has 0 aliphatic heterocycles. The van der Waals surface area contributed by atoms with E-state index >= 15 is 0 Å². The van der Waals surface area contributed by atoms with E-state index in [0.717, 1.165) is 17.0 Å². The third-order valence-electron chi connectivity index (χ3n) is 3.22. The molecular formula is C12H19N5. The Morgan fingerprint density at radius 1 is 1.47 bits per heavy atom. The van der Waals surface area contributed by atoms with Crippen LogP contribution < -0.4 is 10.6 Å². The Morgan fingerprint density at radius 2 is 2.18 bits per heavy atom. The standard InChI is InChI=1S/C12H19N5/c1-9-7-10-11(14-5-6-17(10)15-9)16(4)12(2,3)8-13/h5-7H,8,13H2,1-4H3. The van der Waals surface area contributed by atoms with Gasteiger partial charge >= 0.3 is 0 Å². The maximum atomic E-state index is 5.80. The van der Waals surface area contributed by atoms with E-state index in [2.05, 4.69) is 28.8 Å². The number of fused-ring (bicyclic) bond motifs is 1. The number of hydrogen-bond donors (Lipinski definition) is 1. The fraction of sp³-hybridized carbons (Fsp3) is 0.500. The van der Waals surface area contributed by atoms with Gasteiger partial charge in [-0.3, -0.25) is 0 Å². The molecule has 0 bridgehead atoms. The summed E-state index contributed by atoms with van der Waals surface area (Å²) in [5.41, 5.74) is 7.66. The van der Waals surface area contributed by atoms with Gasteiger partial charge in [-0.15, -0.1) is 0 Å². The topological polar surface area (TPSA) is 59.5 Å². The largest absolute Gasteiger partial charge is 0.351 e. The van der Waals surface area contributed by atoms with Crippen molar-refractivity contribution >= 4 is 11.3 Å². The minimum atomic E-state index is -0.132. The molecule has 0 aliphatic rings. The van der Waals surface area contributed by atoms with E-state index < -0.39 is 0 Å². The number of anilines is 1. The molecule has 5 nitrogen and oxygen atoms in total. The van der Waals surface area contributed by atoms with Crippen molar-refractivity contribution in [3.63, 3.8) is 0 Å². The maximum Gasteiger partial charge on any atom is 0.154 e. The number of aryl methyl sites for hydroxylation is 1. The van der Waals surface area contributed by atoms with E-state index in [1.807, 2.05) is 30.8 Å². The molecule has 0 saturated carbocycles. The van der Waals surface area contributed by atoms with Gasteiger partial charge in [0, 0.05) is 31.5 Å². The number of nitrogens with zero attached hydrogens (tertiary/aromatic N) is 4. The van der Waals surface area contributed by atoms with Gasteiger partial charge in [-0.05, 0) is 26.8 Å². The molecule has 2 N–H and O–H groups in total. The Bertz CT molecular complexity index is 529. The molecule has 0 spiro atoms. The van der Waals surface area contributed by atoms with Crippen LogP contribution in [0.5, 0.6) is 0 Å². The Kier molecular flexibility index (Phi) is 2.79. The molecule has 17 heavy (non-hydrogen) atoms. The normalized spacial score (nSPS) is 12.1. The van der Waals surface area contributed by atoms with Gasteiger partial charge in [0.15, 0.2) is 5.82 Å². The summed E-state index contributed by atoms with van der Waals surface area (Å²) in [4.78, 5) is 6.54. The Labute approximate surface area is 101 Å². The van der Waals surface area contributed by atoms with Crippen molar-refractivity contribution in [3.8, 4) is 0 Å². The fourth-order valence-corrected chi connectivity index (χ4v) is 1.71. The number of aromatic nitrogens is 3. The molecule has 2 rings (SSSR count). The van der Waals surface area contributed by atoms with E-state index in [9.17, 15) is 0 Å². The van der Waals surface area contributed by atoms with Crippen LogP contribution in [0, 0.1) is 6.92 Å². The summed E-state index contributed by atoms with van der Waals surface area (Å²) in [5.74, 6) is 0.906. The minimum absolute atomic E-state index is 0.132. The average Bonchev–Trinajstić information content (AvgIpc) is 2.67. The maximum absolute atomic E-state index is 5.80. The number of nitrogens with two attached hydrogens (primary N) is 1.